The summed E-state index contributed by atoms with van der Waals surface area (Å²) in [5, 5.41) is 18.3. The molecule has 4 heteroatoms. The highest BCUT2D eigenvalue weighted by atomic mass is 16.4. The van der Waals surface area contributed by atoms with Crippen molar-refractivity contribution in [3.05, 3.63) is 29.8 Å². The highest BCUT2D eigenvalue weighted by molar-refractivity contribution is 5.80. The van der Waals surface area contributed by atoms with Crippen LogP contribution in [-0.4, -0.2) is 23.7 Å². The fourth-order valence-electron chi connectivity index (χ4n) is 2.41. The number of carboxylic acids is 1. The summed E-state index contributed by atoms with van der Waals surface area (Å²) in [7, 11) is 0. The monoisotopic (exact) mass is 230 g/mol. The Morgan fingerprint density at radius 3 is 2.88 bits per heavy atom. The van der Waals surface area contributed by atoms with Crippen LogP contribution in [0.25, 0.3) is 0 Å². The van der Waals surface area contributed by atoms with Crippen LogP contribution in [0.2, 0.25) is 0 Å². The average molecular weight is 230 g/mol. The molecule has 0 spiro atoms. The number of hydrogen-bond acceptors (Lipinski definition) is 3. The van der Waals surface area contributed by atoms with E-state index in [0.717, 1.165) is 12.1 Å². The van der Waals surface area contributed by atoms with Gasteiger partial charge in [-0.2, -0.15) is 5.26 Å². The molecule has 0 aliphatic carbocycles. The van der Waals surface area contributed by atoms with Crippen LogP contribution < -0.4 is 4.90 Å². The summed E-state index contributed by atoms with van der Waals surface area (Å²) in [6.07, 6.45) is 0.844. The van der Waals surface area contributed by atoms with Crippen LogP contribution in [-0.2, 0) is 4.79 Å². The van der Waals surface area contributed by atoms with Crippen LogP contribution in [0.15, 0.2) is 24.3 Å². The van der Waals surface area contributed by atoms with E-state index in [1.165, 1.54) is 0 Å². The van der Waals surface area contributed by atoms with Crippen LogP contribution in [0.4, 0.5) is 5.69 Å². The molecule has 88 valence electrons. The van der Waals surface area contributed by atoms with Gasteiger partial charge >= 0.3 is 5.97 Å². The van der Waals surface area contributed by atoms with Crippen LogP contribution in [0.5, 0.6) is 0 Å². The van der Waals surface area contributed by atoms with Gasteiger partial charge in [0.25, 0.3) is 0 Å². The molecule has 0 amide bonds. The normalized spacial score (nSPS) is 23.4. The number of carboxylic acid groups (broad SMARTS) is 1. The Labute approximate surface area is 100 Å². The Bertz CT molecular complexity index is 479. The largest absolute Gasteiger partial charge is 0.480 e. The van der Waals surface area contributed by atoms with E-state index in [9.17, 15) is 9.90 Å². The third kappa shape index (κ3) is 1.96. The lowest BCUT2D eigenvalue weighted by atomic mass is 10.0. The van der Waals surface area contributed by atoms with E-state index >= 15 is 0 Å². The first-order valence-electron chi connectivity index (χ1n) is 5.63. The number of benzene rings is 1. The second kappa shape index (κ2) is 4.46. The molecule has 0 radical (unpaired) electrons. The van der Waals surface area contributed by atoms with E-state index in [1.54, 1.807) is 12.1 Å². The number of aliphatic carboxylic acids is 1. The van der Waals surface area contributed by atoms with E-state index in [1.807, 2.05) is 24.0 Å². The lowest BCUT2D eigenvalue weighted by molar-refractivity contribution is -0.139. The van der Waals surface area contributed by atoms with E-state index in [0.29, 0.717) is 12.1 Å². The lowest BCUT2D eigenvalue weighted by Gasteiger charge is -2.26. The van der Waals surface area contributed by atoms with Crippen molar-refractivity contribution >= 4 is 11.7 Å². The first-order valence-corrected chi connectivity index (χ1v) is 5.63. The second-order valence-corrected chi connectivity index (χ2v) is 4.37. The third-order valence-electron chi connectivity index (χ3n) is 3.29. The molecule has 0 saturated carbocycles. The average Bonchev–Trinajstić information content (AvgIpc) is 2.71. The van der Waals surface area contributed by atoms with Crippen LogP contribution in [0, 0.1) is 17.2 Å². The van der Waals surface area contributed by atoms with Crippen molar-refractivity contribution < 1.29 is 9.90 Å². The predicted molar refractivity (Wildman–Crippen MR) is 63.7 cm³/mol. The SMILES string of the molecule is CC1CCN(c2ccccc2C#N)C1C(=O)O. The molecular weight excluding hydrogens is 216 g/mol. The number of hydrogen-bond donors (Lipinski definition) is 1. The van der Waals surface area contributed by atoms with Gasteiger partial charge in [-0.05, 0) is 24.5 Å². The number of carbonyl (C=O) groups is 1. The number of rotatable bonds is 2. The van der Waals surface area contributed by atoms with E-state index in [-0.39, 0.29) is 5.92 Å². The van der Waals surface area contributed by atoms with E-state index in [2.05, 4.69) is 6.07 Å². The molecule has 1 N–H and O–H groups in total. The van der Waals surface area contributed by atoms with Crippen molar-refractivity contribution in [1.82, 2.24) is 0 Å². The molecule has 1 aliphatic heterocycles. The molecule has 0 bridgehead atoms. The third-order valence-corrected chi connectivity index (χ3v) is 3.29. The Morgan fingerprint density at radius 1 is 1.53 bits per heavy atom. The van der Waals surface area contributed by atoms with E-state index in [4.69, 9.17) is 5.26 Å². The molecule has 17 heavy (non-hydrogen) atoms. The number of nitrogens with zero attached hydrogens (tertiary/aromatic N) is 2. The van der Waals surface area contributed by atoms with Gasteiger partial charge in [0.15, 0.2) is 0 Å². The van der Waals surface area contributed by atoms with Gasteiger partial charge in [-0.25, -0.2) is 4.79 Å². The molecule has 1 aromatic carbocycles. The smallest absolute Gasteiger partial charge is 0.326 e. The van der Waals surface area contributed by atoms with Gasteiger partial charge in [0.2, 0.25) is 0 Å². The summed E-state index contributed by atoms with van der Waals surface area (Å²) in [4.78, 5) is 13.1. The Morgan fingerprint density at radius 2 is 2.24 bits per heavy atom. The van der Waals surface area contributed by atoms with Crippen LogP contribution in [0.1, 0.15) is 18.9 Å². The second-order valence-electron chi connectivity index (χ2n) is 4.37. The minimum atomic E-state index is -0.817. The lowest BCUT2D eigenvalue weighted by Crippen LogP contribution is -2.39. The van der Waals surface area contributed by atoms with E-state index < -0.39 is 12.0 Å². The molecule has 1 heterocycles. The first-order chi connectivity index (χ1) is 8.15. The standard InChI is InChI=1S/C13H14N2O2/c1-9-6-7-15(12(9)13(16)17)11-5-3-2-4-10(11)8-14/h2-5,9,12H,6-7H2,1H3,(H,16,17). The van der Waals surface area contributed by atoms with Crippen molar-refractivity contribution in [2.75, 3.05) is 11.4 Å². The topological polar surface area (TPSA) is 64.3 Å². The molecular formula is C13H14N2O2. The fraction of sp³-hybridized carbons (Fsp3) is 0.385. The highest BCUT2D eigenvalue weighted by Crippen LogP contribution is 2.31. The molecule has 2 unspecified atom stereocenters. The number of anilines is 1. The van der Waals surface area contributed by atoms with Crippen molar-refractivity contribution in [3.63, 3.8) is 0 Å². The highest BCUT2D eigenvalue weighted by Gasteiger charge is 2.37. The minimum Gasteiger partial charge on any atom is -0.480 e. The summed E-state index contributed by atoms with van der Waals surface area (Å²) in [5.41, 5.74) is 1.26. The maximum atomic E-state index is 11.3. The number of nitriles is 1. The van der Waals surface area contributed by atoms with Gasteiger partial charge in [-0.3, -0.25) is 0 Å². The van der Waals surface area contributed by atoms with Crippen LogP contribution in [0.3, 0.4) is 0 Å². The summed E-state index contributed by atoms with van der Waals surface area (Å²) in [6, 6.07) is 8.74. The van der Waals surface area contributed by atoms with Crippen LogP contribution >= 0.6 is 0 Å². The summed E-state index contributed by atoms with van der Waals surface area (Å²) in [5.74, 6) is -0.706. The maximum Gasteiger partial charge on any atom is 0.326 e. The van der Waals surface area contributed by atoms with Crippen molar-refractivity contribution in [1.29, 1.82) is 5.26 Å². The van der Waals surface area contributed by atoms with Crippen molar-refractivity contribution in [2.45, 2.75) is 19.4 Å². The Hall–Kier alpha value is -2.02. The summed E-state index contributed by atoms with van der Waals surface area (Å²) < 4.78 is 0. The maximum absolute atomic E-state index is 11.3. The fourth-order valence-corrected chi connectivity index (χ4v) is 2.41. The van der Waals surface area contributed by atoms with Crippen molar-refractivity contribution in [3.8, 4) is 6.07 Å². The quantitative estimate of drug-likeness (QED) is 0.842. The molecule has 2 atom stereocenters. The van der Waals surface area contributed by atoms with Gasteiger partial charge in [0, 0.05) is 6.54 Å². The van der Waals surface area contributed by atoms with Gasteiger partial charge < -0.3 is 10.0 Å². The molecule has 1 aromatic rings. The van der Waals surface area contributed by atoms with Gasteiger partial charge in [0.05, 0.1) is 11.3 Å². The van der Waals surface area contributed by atoms with Gasteiger partial charge in [0.1, 0.15) is 12.1 Å². The van der Waals surface area contributed by atoms with Crippen molar-refractivity contribution in [2.24, 2.45) is 5.92 Å². The molecule has 0 aromatic heterocycles. The molecule has 1 aliphatic rings. The molecule has 1 saturated heterocycles. The Balaban J connectivity index is 2.40. The predicted octanol–water partition coefficient (Wildman–Crippen LogP) is 1.86. The summed E-state index contributed by atoms with van der Waals surface area (Å²) in [6.45, 7) is 2.63. The van der Waals surface area contributed by atoms with Gasteiger partial charge in [-0.15, -0.1) is 0 Å². The zero-order chi connectivity index (χ0) is 12.4. The summed E-state index contributed by atoms with van der Waals surface area (Å²) >= 11 is 0. The molecule has 4 nitrogen and oxygen atoms in total. The Kier molecular flexibility index (Phi) is 3.01. The molecule has 2 rings (SSSR count). The van der Waals surface area contributed by atoms with Gasteiger partial charge in [-0.1, -0.05) is 19.1 Å². The first kappa shape index (κ1) is 11.5. The zero-order valence-corrected chi connectivity index (χ0v) is 9.63. The number of para-hydroxylation sites is 1. The molecule has 1 fully saturated rings. The minimum absolute atomic E-state index is 0.110. The zero-order valence-electron chi connectivity index (χ0n) is 9.63.